The zero-order chi connectivity index (χ0) is 32.1. The van der Waals surface area contributed by atoms with Gasteiger partial charge in [-0.2, -0.15) is 0 Å². The second-order valence-electron chi connectivity index (χ2n) is 11.4. The van der Waals surface area contributed by atoms with Gasteiger partial charge in [-0.1, -0.05) is 11.3 Å². The second kappa shape index (κ2) is 14.0. The van der Waals surface area contributed by atoms with E-state index in [-0.39, 0.29) is 41.4 Å². The highest BCUT2D eigenvalue weighted by Crippen LogP contribution is 2.40. The number of carbonyl (C=O) groups is 3. The molecule has 2 fully saturated rings. The van der Waals surface area contributed by atoms with E-state index >= 15 is 0 Å². The molecule has 45 heavy (non-hydrogen) atoms. The molecule has 228 valence electrons. The maximum atomic E-state index is 12.9. The minimum absolute atomic E-state index is 0.0507. The largest absolute Gasteiger partial charge is 0.494 e. The summed E-state index contributed by atoms with van der Waals surface area (Å²) in [6.45, 7) is 1.75. The molecule has 16 heteroatoms. The van der Waals surface area contributed by atoms with Crippen LogP contribution in [0.2, 0.25) is 0 Å². The lowest BCUT2D eigenvalue weighted by atomic mass is 9.49. The number of thiazole rings is 1. The highest BCUT2D eigenvalue weighted by molar-refractivity contribution is 7.15. The summed E-state index contributed by atoms with van der Waals surface area (Å²) in [4.78, 5) is 45.6. The van der Waals surface area contributed by atoms with Crippen molar-refractivity contribution in [3.63, 3.8) is 0 Å². The number of rotatable bonds is 13. The van der Waals surface area contributed by atoms with Crippen molar-refractivity contribution in [3.8, 4) is 16.3 Å². The number of nitrogens with zero attached hydrogens (tertiary/aromatic N) is 4. The van der Waals surface area contributed by atoms with E-state index in [1.807, 2.05) is 6.07 Å². The molecule has 12 nitrogen and oxygen atoms in total. The Balaban J connectivity index is 1.33. The van der Waals surface area contributed by atoms with Crippen LogP contribution in [0.5, 0.6) is 5.75 Å². The number of carbonyl (C=O) groups excluding carboxylic acids is 3. The van der Waals surface area contributed by atoms with Gasteiger partial charge in [-0.25, -0.2) is 4.98 Å². The van der Waals surface area contributed by atoms with Crippen molar-refractivity contribution < 1.29 is 19.1 Å². The van der Waals surface area contributed by atoms with Crippen molar-refractivity contribution in [2.45, 2.75) is 49.8 Å². The van der Waals surface area contributed by atoms with Gasteiger partial charge in [0.1, 0.15) is 5.01 Å². The molecule has 3 aromatic rings. The van der Waals surface area contributed by atoms with Crippen molar-refractivity contribution in [1.82, 2.24) is 30.7 Å². The Morgan fingerprint density at radius 3 is 2.62 bits per heavy atom. The van der Waals surface area contributed by atoms with Gasteiger partial charge in [-0.15, -0.1) is 21.5 Å². The Labute approximate surface area is 270 Å². The molecule has 1 aromatic carbocycles. The van der Waals surface area contributed by atoms with Crippen LogP contribution in [0.25, 0.3) is 10.6 Å². The van der Waals surface area contributed by atoms with E-state index in [2.05, 4.69) is 48.4 Å². The second-order valence-corrected chi connectivity index (χ2v) is 12.5. The van der Waals surface area contributed by atoms with Crippen LogP contribution in [0.15, 0.2) is 30.5 Å². The molecule has 4 N–H and O–H groups in total. The van der Waals surface area contributed by atoms with Crippen molar-refractivity contribution in [1.29, 1.82) is 0 Å². The molecule has 1 saturated heterocycles. The number of aromatic nitrogens is 3. The van der Waals surface area contributed by atoms with Gasteiger partial charge < -0.3 is 30.9 Å². The molecule has 2 aromatic heterocycles. The lowest BCUT2D eigenvalue weighted by Gasteiger charge is -2.23. The first-order chi connectivity index (χ1) is 21.5. The molecule has 1 saturated carbocycles. The molecule has 3 amide bonds. The number of methoxy groups -OCH3 is 1. The molecule has 2 aliphatic rings. The summed E-state index contributed by atoms with van der Waals surface area (Å²) in [6.07, 6.45) is 6.83. The molecule has 3 heterocycles. The Morgan fingerprint density at radius 1 is 1.13 bits per heavy atom. The van der Waals surface area contributed by atoms with Crippen LogP contribution in [0.3, 0.4) is 0 Å². The summed E-state index contributed by atoms with van der Waals surface area (Å²) in [5.41, 5.74) is 1.17. The predicted octanol–water partition coefficient (Wildman–Crippen LogP) is 1.69. The fourth-order valence-electron chi connectivity index (χ4n) is 5.17. The fraction of sp³-hybridized carbons (Fsp3) is 0.448. The lowest BCUT2D eigenvalue weighted by molar-refractivity contribution is -0.120. The Morgan fingerprint density at radius 2 is 1.93 bits per heavy atom. The van der Waals surface area contributed by atoms with E-state index in [4.69, 9.17) is 28.3 Å². The summed E-state index contributed by atoms with van der Waals surface area (Å²) >= 11 is 1.39. The van der Waals surface area contributed by atoms with Crippen LogP contribution in [0.4, 0.5) is 17.2 Å². The lowest BCUT2D eigenvalue weighted by Crippen LogP contribution is -2.50. The minimum Gasteiger partial charge on any atom is -0.494 e. The first-order valence-corrected chi connectivity index (χ1v) is 15.6. The molecular weight excluding hydrogens is 589 g/mol. The number of benzene rings is 1. The number of hydrogen-bond donors (Lipinski definition) is 4. The smallest absolute Gasteiger partial charge is 0.272 e. The molecule has 1 aliphatic heterocycles. The number of likely N-dealkylation sites (tertiary alicyclic amines) is 1. The number of nitrogens with one attached hydrogen (secondary N) is 4. The highest BCUT2D eigenvalue weighted by atomic mass is 32.1. The van der Waals surface area contributed by atoms with Gasteiger partial charge in [-0.05, 0) is 57.8 Å². The first kappa shape index (κ1) is 32.5. The van der Waals surface area contributed by atoms with E-state index in [9.17, 15) is 14.4 Å². The highest BCUT2D eigenvalue weighted by Gasteiger charge is 2.30. The normalized spacial score (nSPS) is 16.6. The SMILES string of the molecule is [B]C([B])([B])NC(=O)c1nnc(NC(=O)C2CC2)cc1Nc1cccc(-c2ncc(CC(=O)NCCC3CCCN3C)s2)c1OC. The number of ether oxygens (including phenoxy) is 1. The van der Waals surface area contributed by atoms with Gasteiger partial charge in [0, 0.05) is 35.6 Å². The topological polar surface area (TPSA) is 150 Å². The van der Waals surface area contributed by atoms with Crippen molar-refractivity contribution >= 4 is 69.8 Å². The summed E-state index contributed by atoms with van der Waals surface area (Å²) < 4.78 is 5.77. The molecular formula is C29H33B3N8O4S. The summed E-state index contributed by atoms with van der Waals surface area (Å²) in [5.74, 6) is -0.495. The number of hydrogen-bond acceptors (Lipinski definition) is 10. The van der Waals surface area contributed by atoms with Crippen molar-refractivity contribution in [2.24, 2.45) is 5.92 Å². The van der Waals surface area contributed by atoms with Crippen LogP contribution in [0.1, 0.15) is 47.5 Å². The van der Waals surface area contributed by atoms with Crippen LogP contribution in [-0.2, 0) is 16.0 Å². The van der Waals surface area contributed by atoms with Crippen LogP contribution in [0, 0.1) is 5.92 Å². The average molecular weight is 622 g/mol. The number of anilines is 3. The van der Waals surface area contributed by atoms with E-state index in [0.717, 1.165) is 30.7 Å². The Hall–Kier alpha value is -3.91. The quantitative estimate of drug-likeness (QED) is 0.209. The standard InChI is InChI=1S/C29H33B3N8O4S/c1-40-12-4-5-17(40)10-11-33-23(41)13-18-15-34-28(45-18)19-6-3-7-20(25(19)44-2)35-21-14-22(36-26(42)16-8-9-16)38-39-24(21)27(43)37-29(30,31)32/h3,6-7,14-17H,4-5,8-13H2,1-2H3,(H,33,41)(H,37,43)(H2,35,36,38,42). The summed E-state index contributed by atoms with van der Waals surface area (Å²) in [6, 6.07) is 7.38. The molecule has 5 rings (SSSR count). The first-order valence-electron chi connectivity index (χ1n) is 14.7. The van der Waals surface area contributed by atoms with E-state index < -0.39 is 11.1 Å². The number of para-hydroxylation sites is 1. The third-order valence-electron chi connectivity index (χ3n) is 7.62. The minimum atomic E-state index is -2.00. The molecule has 0 bridgehead atoms. The van der Waals surface area contributed by atoms with E-state index in [0.29, 0.717) is 34.6 Å². The van der Waals surface area contributed by atoms with Gasteiger partial charge in [-0.3, -0.25) is 14.4 Å². The zero-order valence-electron chi connectivity index (χ0n) is 25.3. The van der Waals surface area contributed by atoms with E-state index in [1.165, 1.54) is 37.4 Å². The Bertz CT molecular complexity index is 1560. The number of amides is 3. The maximum absolute atomic E-state index is 12.9. The van der Waals surface area contributed by atoms with Gasteiger partial charge >= 0.3 is 0 Å². The van der Waals surface area contributed by atoms with Gasteiger partial charge in [0.25, 0.3) is 5.91 Å². The molecule has 6 radical (unpaired) electrons. The summed E-state index contributed by atoms with van der Waals surface area (Å²) in [7, 11) is 20.4. The Kier molecular flexibility index (Phi) is 10.1. The van der Waals surface area contributed by atoms with Crippen molar-refractivity contribution in [2.75, 3.05) is 37.9 Å². The van der Waals surface area contributed by atoms with Crippen LogP contribution in [-0.4, -0.2) is 99.9 Å². The van der Waals surface area contributed by atoms with Gasteiger partial charge in [0.05, 0.1) is 54.0 Å². The third-order valence-corrected chi connectivity index (χ3v) is 8.65. The molecule has 0 spiro atoms. The van der Waals surface area contributed by atoms with Gasteiger partial charge in [0.15, 0.2) is 17.3 Å². The van der Waals surface area contributed by atoms with Crippen LogP contribution >= 0.6 is 11.3 Å². The average Bonchev–Trinajstić information content (AvgIpc) is 3.61. The molecule has 1 unspecified atom stereocenters. The predicted molar refractivity (Wildman–Crippen MR) is 175 cm³/mol. The molecule has 1 aliphatic carbocycles. The third kappa shape index (κ3) is 8.63. The molecule has 1 atom stereocenters. The summed E-state index contributed by atoms with van der Waals surface area (Å²) in [5, 5.41) is 17.8. The van der Waals surface area contributed by atoms with E-state index in [1.54, 1.807) is 18.3 Å². The monoisotopic (exact) mass is 622 g/mol. The van der Waals surface area contributed by atoms with Crippen molar-refractivity contribution in [3.05, 3.63) is 41.0 Å². The maximum Gasteiger partial charge on any atom is 0.272 e. The van der Waals surface area contributed by atoms with Gasteiger partial charge in [0.2, 0.25) is 11.8 Å². The fourth-order valence-corrected chi connectivity index (χ4v) is 6.10. The van der Waals surface area contributed by atoms with Crippen LogP contribution < -0.4 is 26.0 Å². The zero-order valence-corrected chi connectivity index (χ0v) is 26.1.